The summed E-state index contributed by atoms with van der Waals surface area (Å²) in [5.74, 6) is -0.248. The van der Waals surface area contributed by atoms with Gasteiger partial charge in [0.05, 0.1) is 6.04 Å². The molecule has 104 valence electrons. The van der Waals surface area contributed by atoms with Gasteiger partial charge in [-0.05, 0) is 30.7 Å². The highest BCUT2D eigenvalue weighted by Crippen LogP contribution is 2.09. The molecule has 0 spiro atoms. The van der Waals surface area contributed by atoms with Gasteiger partial charge in [-0.1, -0.05) is 0 Å². The van der Waals surface area contributed by atoms with E-state index in [-0.39, 0.29) is 24.1 Å². The Hall–Kier alpha value is -2.63. The zero-order valence-corrected chi connectivity index (χ0v) is 11.1. The van der Waals surface area contributed by atoms with Crippen molar-refractivity contribution in [1.82, 2.24) is 14.9 Å². The van der Waals surface area contributed by atoms with E-state index in [1.165, 1.54) is 22.9 Å². The number of rotatable bonds is 4. The second-order valence-electron chi connectivity index (χ2n) is 4.50. The molecule has 1 amide bonds. The van der Waals surface area contributed by atoms with E-state index in [0.717, 1.165) is 5.56 Å². The minimum atomic E-state index is -0.258. The number of carbonyl (C=O) groups excluding carboxylic acids is 1. The van der Waals surface area contributed by atoms with E-state index < -0.39 is 0 Å². The van der Waals surface area contributed by atoms with Crippen molar-refractivity contribution in [3.8, 4) is 0 Å². The van der Waals surface area contributed by atoms with Crippen molar-refractivity contribution < 1.29 is 4.79 Å². The number of hydrogen-bond acceptors (Lipinski definition) is 4. The van der Waals surface area contributed by atoms with Crippen LogP contribution < -0.4 is 16.6 Å². The average molecular weight is 272 g/mol. The van der Waals surface area contributed by atoms with Gasteiger partial charge in [0.15, 0.2) is 0 Å². The Labute approximate surface area is 116 Å². The first-order valence-electron chi connectivity index (χ1n) is 6.21. The maximum atomic E-state index is 11.9. The molecule has 2 aromatic rings. The van der Waals surface area contributed by atoms with Crippen molar-refractivity contribution in [3.05, 3.63) is 58.8 Å². The third-order valence-corrected chi connectivity index (χ3v) is 2.90. The largest absolute Gasteiger partial charge is 0.398 e. The lowest BCUT2D eigenvalue weighted by atomic mass is 10.1. The normalized spacial score (nSPS) is 11.8. The summed E-state index contributed by atoms with van der Waals surface area (Å²) in [5, 5.41) is 2.82. The molecule has 20 heavy (non-hydrogen) atoms. The predicted molar refractivity (Wildman–Crippen MR) is 75.9 cm³/mol. The Kier molecular flexibility index (Phi) is 4.14. The van der Waals surface area contributed by atoms with Crippen LogP contribution in [-0.2, 0) is 11.3 Å². The molecule has 0 aliphatic heterocycles. The number of carbonyl (C=O) groups is 1. The Balaban J connectivity index is 2.02. The number of nitrogens with zero attached hydrogens (tertiary/aromatic N) is 2. The van der Waals surface area contributed by atoms with E-state index in [9.17, 15) is 9.59 Å². The van der Waals surface area contributed by atoms with Gasteiger partial charge >= 0.3 is 0 Å². The highest BCUT2D eigenvalue weighted by Gasteiger charge is 2.10. The van der Waals surface area contributed by atoms with E-state index in [0.29, 0.717) is 5.69 Å². The van der Waals surface area contributed by atoms with Gasteiger partial charge in [0.2, 0.25) is 5.91 Å². The second kappa shape index (κ2) is 6.01. The maximum Gasteiger partial charge on any atom is 0.251 e. The van der Waals surface area contributed by atoms with Crippen LogP contribution in [0.25, 0.3) is 0 Å². The molecule has 2 aromatic heterocycles. The lowest BCUT2D eigenvalue weighted by Crippen LogP contribution is -2.33. The molecule has 6 heteroatoms. The van der Waals surface area contributed by atoms with E-state index in [1.54, 1.807) is 12.4 Å². The highest BCUT2D eigenvalue weighted by atomic mass is 16.2. The Morgan fingerprint density at radius 1 is 1.35 bits per heavy atom. The quantitative estimate of drug-likeness (QED) is 0.857. The molecule has 3 N–H and O–H groups in total. The van der Waals surface area contributed by atoms with Crippen LogP contribution in [0.15, 0.2) is 47.7 Å². The van der Waals surface area contributed by atoms with Crippen molar-refractivity contribution in [2.75, 3.05) is 5.73 Å². The van der Waals surface area contributed by atoms with Crippen LogP contribution in [0.3, 0.4) is 0 Å². The van der Waals surface area contributed by atoms with Gasteiger partial charge in [-0.25, -0.2) is 0 Å². The SMILES string of the molecule is CC(NC(=O)Cn1cc(N)ccc1=O)c1ccncc1. The first-order valence-corrected chi connectivity index (χ1v) is 6.21. The lowest BCUT2D eigenvalue weighted by molar-refractivity contribution is -0.122. The van der Waals surface area contributed by atoms with Gasteiger partial charge in [-0.3, -0.25) is 14.6 Å². The van der Waals surface area contributed by atoms with Crippen molar-refractivity contribution >= 4 is 11.6 Å². The number of nitrogens with two attached hydrogens (primary N) is 1. The van der Waals surface area contributed by atoms with Crippen molar-refractivity contribution in [1.29, 1.82) is 0 Å². The van der Waals surface area contributed by atoms with Crippen LogP contribution in [0, 0.1) is 0 Å². The molecule has 1 atom stereocenters. The smallest absolute Gasteiger partial charge is 0.251 e. The molecule has 1 unspecified atom stereocenters. The minimum absolute atomic E-state index is 0.0563. The fraction of sp³-hybridized carbons (Fsp3) is 0.214. The molecule has 0 bridgehead atoms. The van der Waals surface area contributed by atoms with E-state index >= 15 is 0 Å². The zero-order valence-electron chi connectivity index (χ0n) is 11.1. The van der Waals surface area contributed by atoms with Crippen molar-refractivity contribution in [2.45, 2.75) is 19.5 Å². The van der Waals surface area contributed by atoms with Crippen LogP contribution in [0.5, 0.6) is 0 Å². The van der Waals surface area contributed by atoms with Gasteiger partial charge in [0.25, 0.3) is 5.56 Å². The Morgan fingerprint density at radius 2 is 2.05 bits per heavy atom. The fourth-order valence-electron chi connectivity index (χ4n) is 1.85. The number of anilines is 1. The molecule has 0 fully saturated rings. The van der Waals surface area contributed by atoms with Crippen LogP contribution in [0.1, 0.15) is 18.5 Å². The molecule has 0 radical (unpaired) electrons. The van der Waals surface area contributed by atoms with Crippen LogP contribution in [-0.4, -0.2) is 15.5 Å². The molecule has 0 saturated carbocycles. The number of pyridine rings is 2. The van der Waals surface area contributed by atoms with Crippen LogP contribution >= 0.6 is 0 Å². The third-order valence-electron chi connectivity index (χ3n) is 2.90. The summed E-state index contributed by atoms with van der Waals surface area (Å²) in [6, 6.07) is 6.36. The monoisotopic (exact) mass is 272 g/mol. The van der Waals surface area contributed by atoms with Gasteiger partial charge in [0.1, 0.15) is 6.54 Å². The number of nitrogens with one attached hydrogen (secondary N) is 1. The first kappa shape index (κ1) is 13.8. The third kappa shape index (κ3) is 3.44. The second-order valence-corrected chi connectivity index (χ2v) is 4.50. The minimum Gasteiger partial charge on any atom is -0.398 e. The molecular formula is C14H16N4O2. The number of aromatic nitrogens is 2. The predicted octanol–water partition coefficient (Wildman–Crippen LogP) is 0.703. The zero-order chi connectivity index (χ0) is 14.5. The molecule has 2 rings (SSSR count). The summed E-state index contributed by atoms with van der Waals surface area (Å²) in [6.07, 6.45) is 4.79. The summed E-state index contributed by atoms with van der Waals surface area (Å²) in [6.45, 7) is 1.81. The maximum absolute atomic E-state index is 11.9. The molecule has 0 aromatic carbocycles. The molecule has 0 aliphatic rings. The number of hydrogen-bond donors (Lipinski definition) is 2. The molecule has 0 aliphatic carbocycles. The summed E-state index contributed by atoms with van der Waals surface area (Å²) in [7, 11) is 0. The molecular weight excluding hydrogens is 256 g/mol. The fourth-order valence-corrected chi connectivity index (χ4v) is 1.85. The topological polar surface area (TPSA) is 90.0 Å². The number of nitrogen functional groups attached to an aromatic ring is 1. The van der Waals surface area contributed by atoms with Gasteiger partial charge < -0.3 is 15.6 Å². The molecule has 0 saturated heterocycles. The van der Waals surface area contributed by atoms with Gasteiger partial charge in [-0.15, -0.1) is 0 Å². The summed E-state index contributed by atoms with van der Waals surface area (Å²) in [4.78, 5) is 27.4. The summed E-state index contributed by atoms with van der Waals surface area (Å²) < 4.78 is 1.28. The molecule has 6 nitrogen and oxygen atoms in total. The van der Waals surface area contributed by atoms with Gasteiger partial charge in [0, 0.05) is 30.3 Å². The average Bonchev–Trinajstić information content (AvgIpc) is 2.43. The van der Waals surface area contributed by atoms with Crippen molar-refractivity contribution in [3.63, 3.8) is 0 Å². The van der Waals surface area contributed by atoms with E-state index in [4.69, 9.17) is 5.73 Å². The van der Waals surface area contributed by atoms with Crippen LogP contribution in [0.2, 0.25) is 0 Å². The molecule has 2 heterocycles. The van der Waals surface area contributed by atoms with Crippen molar-refractivity contribution in [2.24, 2.45) is 0 Å². The van der Waals surface area contributed by atoms with E-state index in [1.807, 2.05) is 19.1 Å². The number of amides is 1. The Morgan fingerprint density at radius 3 is 2.75 bits per heavy atom. The standard InChI is InChI=1S/C14H16N4O2/c1-10(11-4-6-16-7-5-11)17-13(19)9-18-8-12(15)2-3-14(18)20/h2-8,10H,9,15H2,1H3,(H,17,19). The van der Waals surface area contributed by atoms with Gasteiger partial charge in [-0.2, -0.15) is 0 Å². The van der Waals surface area contributed by atoms with E-state index in [2.05, 4.69) is 10.3 Å². The lowest BCUT2D eigenvalue weighted by Gasteiger charge is -2.14. The van der Waals surface area contributed by atoms with Crippen LogP contribution in [0.4, 0.5) is 5.69 Å². The first-order chi connectivity index (χ1) is 9.56. The summed E-state index contributed by atoms with van der Waals surface area (Å²) in [5.41, 5.74) is 6.73. The summed E-state index contributed by atoms with van der Waals surface area (Å²) >= 11 is 0. The Bertz CT molecular complexity index is 652. The highest BCUT2D eigenvalue weighted by molar-refractivity contribution is 5.76.